The van der Waals surface area contributed by atoms with Crippen LogP contribution in [0.25, 0.3) is 0 Å². The molecule has 1 heterocycles. The zero-order valence-electron chi connectivity index (χ0n) is 15.9. The zero-order valence-corrected chi connectivity index (χ0v) is 15.9. The van der Waals surface area contributed by atoms with Gasteiger partial charge in [0.05, 0.1) is 11.8 Å². The molecule has 0 atom stereocenters. The molecule has 1 aromatic carbocycles. The van der Waals surface area contributed by atoms with Gasteiger partial charge in [0.15, 0.2) is 0 Å². The minimum Gasteiger partial charge on any atom is -0.481 e. The van der Waals surface area contributed by atoms with Gasteiger partial charge in [0.2, 0.25) is 0 Å². The van der Waals surface area contributed by atoms with E-state index in [-0.39, 0.29) is 23.7 Å². The first-order valence-corrected chi connectivity index (χ1v) is 8.98. The molecular formula is C20H24N2O6. The first-order chi connectivity index (χ1) is 13.4. The molecule has 0 bridgehead atoms. The minimum atomic E-state index is -1.09. The highest BCUT2D eigenvalue weighted by Gasteiger charge is 2.21. The fourth-order valence-electron chi connectivity index (χ4n) is 2.62. The molecule has 8 nitrogen and oxygen atoms in total. The van der Waals surface area contributed by atoms with E-state index in [0.717, 1.165) is 0 Å². The average Bonchev–Trinajstić information content (AvgIpc) is 3.01. The van der Waals surface area contributed by atoms with Crippen LogP contribution in [0.3, 0.4) is 0 Å². The van der Waals surface area contributed by atoms with Crippen LogP contribution in [0.15, 0.2) is 34.9 Å². The van der Waals surface area contributed by atoms with Crippen LogP contribution in [-0.2, 0) is 16.0 Å². The third-order valence-electron chi connectivity index (χ3n) is 3.93. The van der Waals surface area contributed by atoms with Crippen molar-refractivity contribution in [3.63, 3.8) is 0 Å². The Morgan fingerprint density at radius 1 is 1.21 bits per heavy atom. The van der Waals surface area contributed by atoms with E-state index >= 15 is 0 Å². The molecule has 0 spiro atoms. The Balaban J connectivity index is 2.03. The number of nitrogens with one attached hydrogen (secondary N) is 2. The Morgan fingerprint density at radius 2 is 2.00 bits per heavy atom. The predicted octanol–water partition coefficient (Wildman–Crippen LogP) is 2.62. The molecule has 0 saturated carbocycles. The summed E-state index contributed by atoms with van der Waals surface area (Å²) in [5.41, 5.74) is 1.56. The van der Waals surface area contributed by atoms with Crippen molar-refractivity contribution in [3.05, 3.63) is 53.0 Å². The second-order valence-electron chi connectivity index (χ2n) is 6.13. The number of carboxylic acids is 1. The van der Waals surface area contributed by atoms with Crippen LogP contribution >= 0.6 is 0 Å². The fourth-order valence-corrected chi connectivity index (χ4v) is 2.62. The van der Waals surface area contributed by atoms with Gasteiger partial charge >= 0.3 is 5.97 Å². The summed E-state index contributed by atoms with van der Waals surface area (Å²) in [4.78, 5) is 35.7. The third kappa shape index (κ3) is 5.95. The van der Waals surface area contributed by atoms with Crippen LogP contribution in [-0.4, -0.2) is 42.6 Å². The number of anilines is 1. The Hall–Kier alpha value is -3.13. The molecule has 0 unspecified atom stereocenters. The van der Waals surface area contributed by atoms with E-state index < -0.39 is 11.9 Å². The highest BCUT2D eigenvalue weighted by Crippen LogP contribution is 2.20. The number of rotatable bonds is 10. The first-order valence-electron chi connectivity index (χ1n) is 8.98. The van der Waals surface area contributed by atoms with Gasteiger partial charge in [0.1, 0.15) is 12.2 Å². The molecule has 3 N–H and O–H groups in total. The number of amides is 2. The molecule has 0 fully saturated rings. The van der Waals surface area contributed by atoms with Crippen LogP contribution in [0.2, 0.25) is 0 Å². The lowest BCUT2D eigenvalue weighted by Gasteiger charge is -2.09. The van der Waals surface area contributed by atoms with Gasteiger partial charge < -0.3 is 24.9 Å². The topological polar surface area (TPSA) is 118 Å². The summed E-state index contributed by atoms with van der Waals surface area (Å²) in [5, 5.41) is 14.4. The zero-order chi connectivity index (χ0) is 20.5. The van der Waals surface area contributed by atoms with E-state index in [0.29, 0.717) is 43.0 Å². The number of ether oxygens (including phenoxy) is 1. The molecule has 2 amide bonds. The monoisotopic (exact) mass is 388 g/mol. The summed E-state index contributed by atoms with van der Waals surface area (Å²) in [5.74, 6) is -1.74. The number of carboxylic acid groups (broad SMARTS) is 1. The van der Waals surface area contributed by atoms with Crippen LogP contribution in [0.5, 0.6) is 0 Å². The van der Waals surface area contributed by atoms with Crippen molar-refractivity contribution >= 4 is 23.5 Å². The van der Waals surface area contributed by atoms with Crippen molar-refractivity contribution in [1.82, 2.24) is 5.32 Å². The van der Waals surface area contributed by atoms with Gasteiger partial charge in [-0.15, -0.1) is 0 Å². The van der Waals surface area contributed by atoms with Gasteiger partial charge in [0, 0.05) is 36.6 Å². The van der Waals surface area contributed by atoms with Gasteiger partial charge in [-0.3, -0.25) is 14.4 Å². The molecule has 1 aromatic heterocycles. The standard InChI is InChI=1S/C20H24N2O6/c1-3-27-9-5-8-21-19(25)14-6-4-7-15(10-14)22-20(26)18-13(2)12-28-16(18)11-17(23)24/h4,6-7,10,12H,3,5,8-9,11H2,1-2H3,(H,21,25)(H,22,26)(H,23,24). The number of carbonyl (C=O) groups is 3. The molecule has 0 aliphatic rings. The van der Waals surface area contributed by atoms with Crippen LogP contribution < -0.4 is 10.6 Å². The second-order valence-corrected chi connectivity index (χ2v) is 6.13. The lowest BCUT2D eigenvalue weighted by atomic mass is 10.1. The molecule has 0 aliphatic heterocycles. The number of carbonyl (C=O) groups excluding carboxylic acids is 2. The molecule has 2 rings (SSSR count). The normalized spacial score (nSPS) is 10.5. The van der Waals surface area contributed by atoms with Gasteiger partial charge in [-0.1, -0.05) is 6.07 Å². The number of aliphatic carboxylic acids is 1. The molecule has 150 valence electrons. The Labute approximate surface area is 162 Å². The maximum Gasteiger partial charge on any atom is 0.311 e. The molecule has 0 aliphatic carbocycles. The Kier molecular flexibility index (Phi) is 7.76. The number of benzene rings is 1. The third-order valence-corrected chi connectivity index (χ3v) is 3.93. The van der Waals surface area contributed by atoms with Crippen molar-refractivity contribution in [1.29, 1.82) is 0 Å². The maximum absolute atomic E-state index is 12.6. The van der Waals surface area contributed by atoms with Crippen LogP contribution in [0.4, 0.5) is 5.69 Å². The van der Waals surface area contributed by atoms with Gasteiger partial charge in [-0.05, 0) is 38.5 Å². The molecule has 0 radical (unpaired) electrons. The Bertz CT molecular complexity index is 843. The molecule has 8 heteroatoms. The van der Waals surface area contributed by atoms with Crippen molar-refractivity contribution in [2.75, 3.05) is 25.1 Å². The molecule has 28 heavy (non-hydrogen) atoms. The number of furan rings is 1. The molecule has 0 saturated heterocycles. The second kappa shape index (κ2) is 10.3. The number of hydrogen-bond acceptors (Lipinski definition) is 5. The summed E-state index contributed by atoms with van der Waals surface area (Å²) in [6.45, 7) is 5.28. The lowest BCUT2D eigenvalue weighted by molar-refractivity contribution is -0.136. The van der Waals surface area contributed by atoms with E-state index in [9.17, 15) is 14.4 Å². The van der Waals surface area contributed by atoms with E-state index in [1.165, 1.54) is 6.26 Å². The quantitative estimate of drug-likeness (QED) is 0.539. The SMILES string of the molecule is CCOCCCNC(=O)c1cccc(NC(=O)c2c(C)coc2CC(=O)O)c1. The van der Waals surface area contributed by atoms with E-state index in [1.54, 1.807) is 31.2 Å². The highest BCUT2D eigenvalue weighted by atomic mass is 16.5. The molecule has 2 aromatic rings. The van der Waals surface area contributed by atoms with Crippen molar-refractivity contribution in [2.45, 2.75) is 26.7 Å². The first kappa shape index (κ1) is 21.2. The summed E-state index contributed by atoms with van der Waals surface area (Å²) in [6, 6.07) is 6.51. The van der Waals surface area contributed by atoms with Gasteiger partial charge in [-0.2, -0.15) is 0 Å². The largest absolute Gasteiger partial charge is 0.481 e. The summed E-state index contributed by atoms with van der Waals surface area (Å²) in [6.07, 6.45) is 1.67. The lowest BCUT2D eigenvalue weighted by Crippen LogP contribution is -2.25. The Morgan fingerprint density at radius 3 is 2.71 bits per heavy atom. The fraction of sp³-hybridized carbons (Fsp3) is 0.350. The van der Waals surface area contributed by atoms with E-state index in [2.05, 4.69) is 10.6 Å². The van der Waals surface area contributed by atoms with Crippen LogP contribution in [0.1, 0.15) is 45.4 Å². The molecular weight excluding hydrogens is 364 g/mol. The average molecular weight is 388 g/mol. The van der Waals surface area contributed by atoms with E-state index in [1.807, 2.05) is 6.92 Å². The maximum atomic E-state index is 12.6. The smallest absolute Gasteiger partial charge is 0.311 e. The summed E-state index contributed by atoms with van der Waals surface area (Å²) >= 11 is 0. The highest BCUT2D eigenvalue weighted by molar-refractivity contribution is 6.07. The summed E-state index contributed by atoms with van der Waals surface area (Å²) in [7, 11) is 0. The minimum absolute atomic E-state index is 0.0886. The van der Waals surface area contributed by atoms with Gasteiger partial charge in [-0.25, -0.2) is 0 Å². The predicted molar refractivity (Wildman–Crippen MR) is 103 cm³/mol. The van der Waals surface area contributed by atoms with Gasteiger partial charge in [0.25, 0.3) is 11.8 Å². The summed E-state index contributed by atoms with van der Waals surface area (Å²) < 4.78 is 10.4. The number of hydrogen-bond donors (Lipinski definition) is 3. The van der Waals surface area contributed by atoms with Crippen LogP contribution in [0, 0.1) is 6.92 Å². The van der Waals surface area contributed by atoms with E-state index in [4.69, 9.17) is 14.3 Å². The van der Waals surface area contributed by atoms with Crippen molar-refractivity contribution in [2.24, 2.45) is 0 Å². The van der Waals surface area contributed by atoms with Crippen molar-refractivity contribution in [3.8, 4) is 0 Å². The van der Waals surface area contributed by atoms with Crippen molar-refractivity contribution < 1.29 is 28.6 Å². The number of aryl methyl sites for hydroxylation is 1.